The number of amides is 1. The molecule has 5 heteroatoms. The van der Waals surface area contributed by atoms with Gasteiger partial charge in [-0.3, -0.25) is 9.59 Å². The van der Waals surface area contributed by atoms with Crippen LogP contribution in [0.2, 0.25) is 0 Å². The largest absolute Gasteiger partial charge is 0.306 e. The van der Waals surface area contributed by atoms with E-state index >= 15 is 0 Å². The van der Waals surface area contributed by atoms with Gasteiger partial charge in [-0.2, -0.15) is 5.10 Å². The molecule has 1 heterocycles. The maximum absolute atomic E-state index is 11.7. The molecule has 0 radical (unpaired) electrons. The van der Waals surface area contributed by atoms with Crippen LogP contribution in [0.3, 0.4) is 0 Å². The Labute approximate surface area is 116 Å². The summed E-state index contributed by atoms with van der Waals surface area (Å²) < 4.78 is 1.32. The average molecular weight is 269 g/mol. The number of carbonyl (C=O) groups is 1. The number of aromatic nitrogens is 1. The Bertz CT molecular complexity index is 675. The molecule has 0 spiro atoms. The normalized spacial score (nSPS) is 11.2. The Kier molecular flexibility index (Phi) is 4.44. The Morgan fingerprint density at radius 1 is 1.15 bits per heavy atom. The van der Waals surface area contributed by atoms with Gasteiger partial charge in [0.05, 0.1) is 5.71 Å². The number of hydrogen-bond donors (Lipinski definition) is 1. The zero-order valence-electron chi connectivity index (χ0n) is 11.1. The summed E-state index contributed by atoms with van der Waals surface area (Å²) in [4.78, 5) is 23.2. The van der Waals surface area contributed by atoms with Crippen molar-refractivity contribution in [3.8, 4) is 0 Å². The molecule has 0 saturated heterocycles. The predicted molar refractivity (Wildman–Crippen MR) is 77.5 cm³/mol. The Balaban J connectivity index is 1.99. The molecule has 1 aromatic heterocycles. The topological polar surface area (TPSA) is 63.5 Å². The van der Waals surface area contributed by atoms with Gasteiger partial charge in [0.15, 0.2) is 0 Å². The second-order valence-electron chi connectivity index (χ2n) is 4.26. The van der Waals surface area contributed by atoms with Gasteiger partial charge in [0.2, 0.25) is 0 Å². The van der Waals surface area contributed by atoms with E-state index < -0.39 is 0 Å². The first-order chi connectivity index (χ1) is 9.66. The van der Waals surface area contributed by atoms with E-state index in [0.717, 1.165) is 5.56 Å². The molecule has 0 aliphatic carbocycles. The van der Waals surface area contributed by atoms with Crippen LogP contribution in [0, 0.1) is 0 Å². The summed E-state index contributed by atoms with van der Waals surface area (Å²) in [5, 5.41) is 4.02. The number of rotatable bonds is 4. The lowest BCUT2D eigenvalue weighted by molar-refractivity contribution is -0.121. The van der Waals surface area contributed by atoms with Gasteiger partial charge in [0.1, 0.15) is 6.54 Å². The van der Waals surface area contributed by atoms with Crippen LogP contribution in [-0.4, -0.2) is 16.2 Å². The first kappa shape index (κ1) is 13.7. The number of nitrogens with one attached hydrogen (secondary N) is 1. The Hall–Kier alpha value is -2.69. The maximum Gasteiger partial charge on any atom is 0.260 e. The molecule has 0 saturated carbocycles. The van der Waals surface area contributed by atoms with Crippen molar-refractivity contribution in [2.45, 2.75) is 13.5 Å². The van der Waals surface area contributed by atoms with Crippen LogP contribution in [0.4, 0.5) is 0 Å². The number of nitrogens with zero attached hydrogens (tertiary/aromatic N) is 2. The number of hydrazone groups is 1. The van der Waals surface area contributed by atoms with Gasteiger partial charge in [0.25, 0.3) is 11.5 Å². The van der Waals surface area contributed by atoms with Crippen molar-refractivity contribution in [3.63, 3.8) is 0 Å². The van der Waals surface area contributed by atoms with Crippen molar-refractivity contribution >= 4 is 11.6 Å². The van der Waals surface area contributed by atoms with Crippen LogP contribution < -0.4 is 11.0 Å². The zero-order chi connectivity index (χ0) is 14.4. The lowest BCUT2D eigenvalue weighted by Crippen LogP contribution is -2.29. The highest BCUT2D eigenvalue weighted by molar-refractivity contribution is 5.99. The highest BCUT2D eigenvalue weighted by Gasteiger charge is 2.03. The summed E-state index contributed by atoms with van der Waals surface area (Å²) in [6, 6.07) is 14.3. The van der Waals surface area contributed by atoms with Crippen molar-refractivity contribution in [1.82, 2.24) is 9.99 Å². The molecular formula is C15H15N3O2. The van der Waals surface area contributed by atoms with Crippen LogP contribution in [0.1, 0.15) is 12.5 Å². The van der Waals surface area contributed by atoms with E-state index in [0.29, 0.717) is 5.71 Å². The average Bonchev–Trinajstić information content (AvgIpc) is 2.48. The molecule has 5 nitrogen and oxygen atoms in total. The second-order valence-corrected chi connectivity index (χ2v) is 4.26. The van der Waals surface area contributed by atoms with E-state index in [1.807, 2.05) is 37.3 Å². The zero-order valence-corrected chi connectivity index (χ0v) is 11.1. The maximum atomic E-state index is 11.7. The quantitative estimate of drug-likeness (QED) is 0.673. The summed E-state index contributed by atoms with van der Waals surface area (Å²) in [7, 11) is 0. The highest BCUT2D eigenvalue weighted by atomic mass is 16.2. The monoisotopic (exact) mass is 269 g/mol. The standard InChI is InChI=1S/C15H15N3O2/c1-12(13-7-3-2-4-8-13)16-17-14(19)11-18-10-6-5-9-15(18)20/h2-10H,11H2,1H3,(H,17,19)/b16-12-. The first-order valence-corrected chi connectivity index (χ1v) is 6.21. The molecule has 0 unspecified atom stereocenters. The van der Waals surface area contributed by atoms with Crippen LogP contribution in [0.25, 0.3) is 0 Å². The van der Waals surface area contributed by atoms with Gasteiger partial charge in [-0.15, -0.1) is 0 Å². The third-order valence-electron chi connectivity index (χ3n) is 2.75. The summed E-state index contributed by atoms with van der Waals surface area (Å²) >= 11 is 0. The number of pyridine rings is 1. The molecule has 20 heavy (non-hydrogen) atoms. The minimum Gasteiger partial charge on any atom is -0.306 e. The second kappa shape index (κ2) is 6.47. The van der Waals surface area contributed by atoms with Gasteiger partial charge in [0, 0.05) is 12.3 Å². The van der Waals surface area contributed by atoms with Crippen molar-refractivity contribution in [2.75, 3.05) is 0 Å². The van der Waals surface area contributed by atoms with Crippen molar-refractivity contribution in [2.24, 2.45) is 5.10 Å². The third-order valence-corrected chi connectivity index (χ3v) is 2.75. The van der Waals surface area contributed by atoms with E-state index in [2.05, 4.69) is 10.5 Å². The fourth-order valence-corrected chi connectivity index (χ4v) is 1.67. The SMILES string of the molecule is C/C(=N/NC(=O)Cn1ccccc1=O)c1ccccc1. The van der Waals surface area contributed by atoms with Gasteiger partial charge >= 0.3 is 0 Å². The summed E-state index contributed by atoms with van der Waals surface area (Å²) in [6.07, 6.45) is 1.57. The summed E-state index contributed by atoms with van der Waals surface area (Å²) in [5.41, 5.74) is 3.87. The van der Waals surface area contributed by atoms with Crippen molar-refractivity contribution < 1.29 is 4.79 Å². The number of carbonyl (C=O) groups excluding carboxylic acids is 1. The molecule has 1 aromatic carbocycles. The fraction of sp³-hybridized carbons (Fsp3) is 0.133. The van der Waals surface area contributed by atoms with Gasteiger partial charge in [-0.1, -0.05) is 36.4 Å². The van der Waals surface area contributed by atoms with Gasteiger partial charge < -0.3 is 4.57 Å². The highest BCUT2D eigenvalue weighted by Crippen LogP contribution is 1.99. The summed E-state index contributed by atoms with van der Waals surface area (Å²) in [5.74, 6) is -0.339. The number of hydrogen-bond acceptors (Lipinski definition) is 3. The van der Waals surface area contributed by atoms with E-state index in [9.17, 15) is 9.59 Å². The Morgan fingerprint density at radius 3 is 2.55 bits per heavy atom. The Morgan fingerprint density at radius 2 is 1.85 bits per heavy atom. The van der Waals surface area contributed by atoms with Crippen molar-refractivity contribution in [3.05, 3.63) is 70.6 Å². The summed E-state index contributed by atoms with van der Waals surface area (Å²) in [6.45, 7) is 1.76. The molecule has 2 rings (SSSR count). The molecule has 0 atom stereocenters. The molecule has 0 bridgehead atoms. The molecule has 0 aliphatic heterocycles. The number of benzene rings is 1. The smallest absolute Gasteiger partial charge is 0.260 e. The minimum absolute atomic E-state index is 0.0504. The van der Waals surface area contributed by atoms with Crippen molar-refractivity contribution in [1.29, 1.82) is 0 Å². The molecule has 1 N–H and O–H groups in total. The molecule has 0 aliphatic rings. The predicted octanol–water partition coefficient (Wildman–Crippen LogP) is 1.39. The third kappa shape index (κ3) is 3.65. The van der Waals surface area contributed by atoms with E-state index in [1.165, 1.54) is 10.6 Å². The van der Waals surface area contributed by atoms with Gasteiger partial charge in [-0.25, -0.2) is 5.43 Å². The molecule has 102 valence electrons. The lowest BCUT2D eigenvalue weighted by Gasteiger charge is -2.05. The van der Waals surface area contributed by atoms with E-state index in [4.69, 9.17) is 0 Å². The van der Waals surface area contributed by atoms with Crippen LogP contribution in [0.5, 0.6) is 0 Å². The van der Waals surface area contributed by atoms with Gasteiger partial charge in [-0.05, 0) is 18.6 Å². The first-order valence-electron chi connectivity index (χ1n) is 6.21. The van der Waals surface area contributed by atoms with Crippen LogP contribution in [-0.2, 0) is 11.3 Å². The van der Waals surface area contributed by atoms with E-state index in [1.54, 1.807) is 18.3 Å². The molecular weight excluding hydrogens is 254 g/mol. The van der Waals surface area contributed by atoms with E-state index in [-0.39, 0.29) is 18.0 Å². The molecule has 0 fully saturated rings. The fourth-order valence-electron chi connectivity index (χ4n) is 1.67. The minimum atomic E-state index is -0.339. The van der Waals surface area contributed by atoms with Crippen LogP contribution in [0.15, 0.2) is 64.6 Å². The molecule has 1 amide bonds. The lowest BCUT2D eigenvalue weighted by atomic mass is 10.1. The molecule has 2 aromatic rings. The van der Waals surface area contributed by atoms with Crippen LogP contribution >= 0.6 is 0 Å².